The van der Waals surface area contributed by atoms with Crippen LogP contribution in [0.2, 0.25) is 0 Å². The van der Waals surface area contributed by atoms with Crippen LogP contribution in [0.5, 0.6) is 0 Å². The van der Waals surface area contributed by atoms with Crippen molar-refractivity contribution < 1.29 is 4.79 Å². The summed E-state index contributed by atoms with van der Waals surface area (Å²) < 4.78 is 0. The first-order valence-corrected chi connectivity index (χ1v) is 5.24. The zero-order valence-corrected chi connectivity index (χ0v) is 9.07. The standard InChI is InChI=1S/C12H18N2O/c1-10(7-8-14-9-12(13)15)11-5-3-2-4-6-11/h2-6,10,14H,7-9H2,1H3,(H2,13,15). The maximum absolute atomic E-state index is 10.5. The molecule has 15 heavy (non-hydrogen) atoms. The van der Waals surface area contributed by atoms with Crippen molar-refractivity contribution in [3.8, 4) is 0 Å². The van der Waals surface area contributed by atoms with Crippen LogP contribution in [-0.2, 0) is 4.79 Å². The molecule has 3 heteroatoms. The van der Waals surface area contributed by atoms with Gasteiger partial charge in [-0.1, -0.05) is 37.3 Å². The van der Waals surface area contributed by atoms with Crippen LogP contribution in [0.25, 0.3) is 0 Å². The smallest absolute Gasteiger partial charge is 0.231 e. The van der Waals surface area contributed by atoms with Gasteiger partial charge in [-0.25, -0.2) is 0 Å². The molecule has 1 atom stereocenters. The lowest BCUT2D eigenvalue weighted by Crippen LogP contribution is -2.29. The van der Waals surface area contributed by atoms with Crippen LogP contribution >= 0.6 is 0 Å². The van der Waals surface area contributed by atoms with Crippen molar-refractivity contribution in [3.63, 3.8) is 0 Å². The summed E-state index contributed by atoms with van der Waals surface area (Å²) in [6.07, 6.45) is 1.01. The highest BCUT2D eigenvalue weighted by atomic mass is 16.1. The SMILES string of the molecule is CC(CCNCC(N)=O)c1ccccc1. The fourth-order valence-electron chi connectivity index (χ4n) is 1.48. The molecule has 0 saturated heterocycles. The van der Waals surface area contributed by atoms with Gasteiger partial charge in [0.25, 0.3) is 0 Å². The van der Waals surface area contributed by atoms with Crippen LogP contribution in [0, 0.1) is 0 Å². The predicted molar refractivity (Wildman–Crippen MR) is 61.5 cm³/mol. The minimum Gasteiger partial charge on any atom is -0.369 e. The summed E-state index contributed by atoms with van der Waals surface area (Å²) in [5.41, 5.74) is 6.35. The second-order valence-electron chi connectivity index (χ2n) is 3.74. The Labute approximate surface area is 90.7 Å². The summed E-state index contributed by atoms with van der Waals surface area (Å²) in [5.74, 6) is 0.203. The first-order valence-electron chi connectivity index (χ1n) is 5.24. The van der Waals surface area contributed by atoms with Gasteiger partial charge >= 0.3 is 0 Å². The summed E-state index contributed by atoms with van der Waals surface area (Å²) in [5, 5.41) is 3.01. The van der Waals surface area contributed by atoms with Crippen molar-refractivity contribution in [2.45, 2.75) is 19.3 Å². The van der Waals surface area contributed by atoms with E-state index in [9.17, 15) is 4.79 Å². The lowest BCUT2D eigenvalue weighted by molar-refractivity contribution is -0.117. The van der Waals surface area contributed by atoms with Crippen LogP contribution < -0.4 is 11.1 Å². The molecular weight excluding hydrogens is 188 g/mol. The van der Waals surface area contributed by atoms with Crippen molar-refractivity contribution in [1.82, 2.24) is 5.32 Å². The number of hydrogen-bond donors (Lipinski definition) is 2. The quantitative estimate of drug-likeness (QED) is 0.688. The van der Waals surface area contributed by atoms with E-state index in [1.165, 1.54) is 5.56 Å². The number of carbonyl (C=O) groups excluding carboxylic acids is 1. The van der Waals surface area contributed by atoms with Crippen molar-refractivity contribution in [2.75, 3.05) is 13.1 Å². The van der Waals surface area contributed by atoms with Crippen LogP contribution in [0.15, 0.2) is 30.3 Å². The maximum atomic E-state index is 10.5. The van der Waals surface area contributed by atoms with Gasteiger partial charge in [0.1, 0.15) is 0 Å². The molecule has 0 radical (unpaired) electrons. The highest BCUT2D eigenvalue weighted by Gasteiger charge is 2.03. The van der Waals surface area contributed by atoms with Gasteiger partial charge in [0, 0.05) is 0 Å². The molecule has 0 bridgehead atoms. The number of hydrogen-bond acceptors (Lipinski definition) is 2. The van der Waals surface area contributed by atoms with Gasteiger partial charge in [0.15, 0.2) is 0 Å². The van der Waals surface area contributed by atoms with Gasteiger partial charge in [0.05, 0.1) is 6.54 Å². The second-order valence-corrected chi connectivity index (χ2v) is 3.74. The number of primary amides is 1. The predicted octanol–water partition coefficient (Wildman–Crippen LogP) is 1.26. The van der Waals surface area contributed by atoms with Crippen LogP contribution in [0.4, 0.5) is 0 Å². The second kappa shape index (κ2) is 6.19. The lowest BCUT2D eigenvalue weighted by Gasteiger charge is -2.11. The molecule has 0 fully saturated rings. The first-order chi connectivity index (χ1) is 7.20. The number of amides is 1. The highest BCUT2D eigenvalue weighted by molar-refractivity contribution is 5.75. The van der Waals surface area contributed by atoms with E-state index in [2.05, 4.69) is 24.4 Å². The molecule has 1 amide bonds. The molecule has 0 saturated carbocycles. The largest absolute Gasteiger partial charge is 0.369 e. The Morgan fingerprint density at radius 1 is 1.40 bits per heavy atom. The summed E-state index contributed by atoms with van der Waals surface area (Å²) in [4.78, 5) is 10.5. The molecule has 0 aromatic heterocycles. The number of rotatable bonds is 6. The number of benzene rings is 1. The van der Waals surface area contributed by atoms with Gasteiger partial charge in [-0.2, -0.15) is 0 Å². The Bertz CT molecular complexity index is 298. The van der Waals surface area contributed by atoms with E-state index < -0.39 is 0 Å². The van der Waals surface area contributed by atoms with E-state index in [-0.39, 0.29) is 12.5 Å². The average molecular weight is 206 g/mol. The van der Waals surface area contributed by atoms with Crippen molar-refractivity contribution in [1.29, 1.82) is 0 Å². The van der Waals surface area contributed by atoms with Crippen molar-refractivity contribution >= 4 is 5.91 Å². The zero-order chi connectivity index (χ0) is 11.1. The molecule has 0 aliphatic heterocycles. The Balaban J connectivity index is 2.25. The Hall–Kier alpha value is -1.35. The summed E-state index contributed by atoms with van der Waals surface area (Å²) >= 11 is 0. The number of carbonyl (C=O) groups is 1. The third-order valence-corrected chi connectivity index (χ3v) is 2.42. The highest BCUT2D eigenvalue weighted by Crippen LogP contribution is 2.17. The summed E-state index contributed by atoms with van der Waals surface area (Å²) in [7, 11) is 0. The van der Waals surface area contributed by atoms with Gasteiger partial charge in [-0.15, -0.1) is 0 Å². The molecular formula is C12H18N2O. The van der Waals surface area contributed by atoms with Gasteiger partial charge < -0.3 is 11.1 Å². The fraction of sp³-hybridized carbons (Fsp3) is 0.417. The zero-order valence-electron chi connectivity index (χ0n) is 9.07. The molecule has 0 spiro atoms. The third kappa shape index (κ3) is 4.61. The lowest BCUT2D eigenvalue weighted by atomic mass is 9.98. The van der Waals surface area contributed by atoms with Gasteiger partial charge in [-0.3, -0.25) is 4.79 Å². The summed E-state index contributed by atoms with van der Waals surface area (Å²) in [6, 6.07) is 10.4. The van der Waals surface area contributed by atoms with Crippen LogP contribution in [0.1, 0.15) is 24.8 Å². The van der Waals surface area contributed by atoms with Crippen LogP contribution in [0.3, 0.4) is 0 Å². The number of nitrogens with two attached hydrogens (primary N) is 1. The number of nitrogens with one attached hydrogen (secondary N) is 1. The maximum Gasteiger partial charge on any atom is 0.231 e. The third-order valence-electron chi connectivity index (χ3n) is 2.42. The van der Waals surface area contributed by atoms with E-state index in [0.29, 0.717) is 5.92 Å². The Morgan fingerprint density at radius 2 is 2.07 bits per heavy atom. The minimum absolute atomic E-state index is 0.265. The van der Waals surface area contributed by atoms with E-state index in [1.54, 1.807) is 0 Å². The van der Waals surface area contributed by atoms with E-state index >= 15 is 0 Å². The topological polar surface area (TPSA) is 55.1 Å². The Morgan fingerprint density at radius 3 is 2.67 bits per heavy atom. The molecule has 1 aromatic carbocycles. The summed E-state index contributed by atoms with van der Waals surface area (Å²) in [6.45, 7) is 3.27. The van der Waals surface area contributed by atoms with Gasteiger partial charge in [-0.05, 0) is 24.4 Å². The monoisotopic (exact) mass is 206 g/mol. The molecule has 82 valence electrons. The fourth-order valence-corrected chi connectivity index (χ4v) is 1.48. The molecule has 1 aromatic rings. The molecule has 0 aliphatic carbocycles. The average Bonchev–Trinajstić information content (AvgIpc) is 2.25. The molecule has 0 heterocycles. The van der Waals surface area contributed by atoms with Gasteiger partial charge in [0.2, 0.25) is 5.91 Å². The molecule has 0 aliphatic rings. The normalized spacial score (nSPS) is 12.3. The minimum atomic E-state index is -0.303. The Kier molecular flexibility index (Phi) is 4.84. The van der Waals surface area contributed by atoms with Crippen molar-refractivity contribution in [3.05, 3.63) is 35.9 Å². The van der Waals surface area contributed by atoms with Crippen molar-refractivity contribution in [2.24, 2.45) is 5.73 Å². The molecule has 1 unspecified atom stereocenters. The van der Waals surface area contributed by atoms with Crippen LogP contribution in [-0.4, -0.2) is 19.0 Å². The van der Waals surface area contributed by atoms with E-state index in [4.69, 9.17) is 5.73 Å². The first kappa shape index (κ1) is 11.7. The molecule has 3 N–H and O–H groups in total. The molecule has 3 nitrogen and oxygen atoms in total. The van der Waals surface area contributed by atoms with E-state index in [0.717, 1.165) is 13.0 Å². The molecule has 1 rings (SSSR count). The van der Waals surface area contributed by atoms with E-state index in [1.807, 2.05) is 18.2 Å².